The van der Waals surface area contributed by atoms with Crippen molar-refractivity contribution >= 4 is 23.1 Å². The van der Waals surface area contributed by atoms with E-state index < -0.39 is 0 Å². The normalized spacial score (nSPS) is 0. The van der Waals surface area contributed by atoms with Crippen LogP contribution in [0.3, 0.4) is 0 Å². The molecular formula is H2FeMgMoZn. The van der Waals surface area contributed by atoms with Crippen LogP contribution in [-0.4, -0.2) is 23.1 Å². The first-order valence-electron chi connectivity index (χ1n) is 0. The number of hydrogen-bond donors (Lipinski definition) is 0. The third-order valence-corrected chi connectivity index (χ3v) is 0. The fraction of sp³-hybridized carbons (Fsp3) is 0. The molecule has 0 aliphatic carbocycles. The number of hydrogen-bond acceptors (Lipinski definition) is 0. The maximum Gasteiger partial charge on any atom is 2.00 e. The molecule has 0 heterocycles. The molecule has 0 bridgehead atoms. The van der Waals surface area contributed by atoms with Crippen LogP contribution in [0.1, 0.15) is 2.85 Å². The summed E-state index contributed by atoms with van der Waals surface area (Å²) < 4.78 is 0. The molecule has 0 N–H and O–H groups in total. The average molecular weight is 243 g/mol. The van der Waals surface area contributed by atoms with Gasteiger partial charge in [0, 0.05) is 57.6 Å². The summed E-state index contributed by atoms with van der Waals surface area (Å²) >= 11 is 0. The maximum absolute atomic E-state index is 0. The third kappa shape index (κ3) is 8.82. The zero-order valence-corrected chi connectivity index (χ0v) is 9.67. The molecule has 0 rings (SSSR count). The Morgan fingerprint density at radius 3 is 1.25 bits per heavy atom. The van der Waals surface area contributed by atoms with E-state index in [2.05, 4.69) is 0 Å². The molecule has 0 saturated heterocycles. The van der Waals surface area contributed by atoms with Gasteiger partial charge in [-0.05, 0) is 0 Å². The molecule has 20 valence electrons. The summed E-state index contributed by atoms with van der Waals surface area (Å²) in [6, 6.07) is 0. The summed E-state index contributed by atoms with van der Waals surface area (Å²) in [6.45, 7) is 0. The maximum atomic E-state index is 0. The quantitative estimate of drug-likeness (QED) is 0.519. The molecule has 0 amide bonds. The van der Waals surface area contributed by atoms with Gasteiger partial charge in [0.05, 0.1) is 0 Å². The van der Waals surface area contributed by atoms with Crippen molar-refractivity contribution in [3.05, 3.63) is 0 Å². The van der Waals surface area contributed by atoms with Gasteiger partial charge in [0.2, 0.25) is 0 Å². The van der Waals surface area contributed by atoms with Gasteiger partial charge in [-0.1, -0.05) is 0 Å². The second-order valence-corrected chi connectivity index (χ2v) is 0. The van der Waals surface area contributed by atoms with Crippen molar-refractivity contribution in [2.24, 2.45) is 0 Å². The van der Waals surface area contributed by atoms with Crippen LogP contribution in [0.15, 0.2) is 0 Å². The van der Waals surface area contributed by atoms with Gasteiger partial charge < -0.3 is 2.85 Å². The van der Waals surface area contributed by atoms with Gasteiger partial charge in [0.15, 0.2) is 0 Å². The van der Waals surface area contributed by atoms with Crippen molar-refractivity contribution in [2.75, 3.05) is 0 Å². The molecule has 0 nitrogen and oxygen atoms in total. The van der Waals surface area contributed by atoms with Crippen LogP contribution in [0.25, 0.3) is 0 Å². The molecular weight excluding hydrogens is 241 g/mol. The SMILES string of the molecule is [Fe].[H-].[H-].[Mg+2].[Mo].[Zn]. The van der Waals surface area contributed by atoms with Crippen molar-refractivity contribution in [1.29, 1.82) is 0 Å². The molecule has 0 unspecified atom stereocenters. The molecule has 0 aliphatic rings. The standard InChI is InChI=1S/Fe.Mg.Mo.Zn.2H/q;+2;;;2*-1. The Bertz CT molecular complexity index is 13.5. The van der Waals surface area contributed by atoms with E-state index in [0.717, 1.165) is 0 Å². The van der Waals surface area contributed by atoms with Crippen LogP contribution in [0.2, 0.25) is 0 Å². The van der Waals surface area contributed by atoms with Gasteiger partial charge in [-0.15, -0.1) is 0 Å². The third-order valence-electron chi connectivity index (χ3n) is 0. The Balaban J connectivity index is 0. The topological polar surface area (TPSA) is 0 Å². The van der Waals surface area contributed by atoms with Gasteiger partial charge in [-0.2, -0.15) is 0 Å². The predicted molar refractivity (Wildman–Crippen MR) is 7.98 cm³/mol. The summed E-state index contributed by atoms with van der Waals surface area (Å²) in [5.41, 5.74) is 0. The second-order valence-electron chi connectivity index (χ2n) is 0. The van der Waals surface area contributed by atoms with E-state index in [-0.39, 0.29) is 83.5 Å². The van der Waals surface area contributed by atoms with E-state index in [0.29, 0.717) is 0 Å². The first-order chi connectivity index (χ1) is 0. The van der Waals surface area contributed by atoms with Crippen molar-refractivity contribution in [3.8, 4) is 0 Å². The Labute approximate surface area is 82.5 Å². The summed E-state index contributed by atoms with van der Waals surface area (Å²) in [5, 5.41) is 0. The van der Waals surface area contributed by atoms with E-state index in [1.165, 1.54) is 0 Å². The summed E-state index contributed by atoms with van der Waals surface area (Å²) in [5.74, 6) is 0. The molecule has 0 aromatic rings. The van der Waals surface area contributed by atoms with E-state index in [4.69, 9.17) is 0 Å². The van der Waals surface area contributed by atoms with Crippen molar-refractivity contribution in [2.45, 2.75) is 0 Å². The Morgan fingerprint density at radius 2 is 1.25 bits per heavy atom. The molecule has 0 radical (unpaired) electrons. The fourth-order valence-corrected chi connectivity index (χ4v) is 0. The van der Waals surface area contributed by atoms with Gasteiger partial charge in [0.1, 0.15) is 0 Å². The Morgan fingerprint density at radius 1 is 1.25 bits per heavy atom. The summed E-state index contributed by atoms with van der Waals surface area (Å²) in [4.78, 5) is 0. The van der Waals surface area contributed by atoms with Gasteiger partial charge in [0.25, 0.3) is 0 Å². The number of rotatable bonds is 0. The van der Waals surface area contributed by atoms with Crippen LogP contribution in [0.5, 0.6) is 0 Å². The largest absolute Gasteiger partial charge is 2.00 e. The Hall–Kier alpha value is 2.60. The Kier molecular flexibility index (Phi) is 134. The minimum absolute atomic E-state index is 0. The molecule has 0 aromatic carbocycles. The van der Waals surface area contributed by atoms with Gasteiger partial charge >= 0.3 is 23.1 Å². The minimum atomic E-state index is 0. The van der Waals surface area contributed by atoms with E-state index >= 15 is 0 Å². The summed E-state index contributed by atoms with van der Waals surface area (Å²) in [7, 11) is 0. The van der Waals surface area contributed by atoms with Crippen molar-refractivity contribution in [3.63, 3.8) is 0 Å². The molecule has 0 aromatic heterocycles. The monoisotopic (exact) mass is 244 g/mol. The predicted octanol–water partition coefficient (Wildman–Crippen LogP) is -0.163. The van der Waals surface area contributed by atoms with Crippen LogP contribution in [0.4, 0.5) is 0 Å². The van der Waals surface area contributed by atoms with Crippen molar-refractivity contribution < 1.29 is 60.5 Å². The molecule has 0 atom stereocenters. The van der Waals surface area contributed by atoms with Crippen LogP contribution in [0, 0.1) is 0 Å². The smallest absolute Gasteiger partial charge is 1.00 e. The van der Waals surface area contributed by atoms with E-state index in [9.17, 15) is 0 Å². The van der Waals surface area contributed by atoms with Gasteiger partial charge in [-0.3, -0.25) is 0 Å². The van der Waals surface area contributed by atoms with Crippen molar-refractivity contribution in [1.82, 2.24) is 0 Å². The molecule has 0 fully saturated rings. The molecule has 4 heteroatoms. The fourth-order valence-electron chi connectivity index (χ4n) is 0. The van der Waals surface area contributed by atoms with Crippen LogP contribution >= 0.6 is 0 Å². The summed E-state index contributed by atoms with van der Waals surface area (Å²) in [6.07, 6.45) is 0. The van der Waals surface area contributed by atoms with Crippen LogP contribution in [-0.2, 0) is 57.6 Å². The second kappa shape index (κ2) is 17.5. The minimum Gasteiger partial charge on any atom is -1.00 e. The van der Waals surface area contributed by atoms with Crippen LogP contribution < -0.4 is 0 Å². The van der Waals surface area contributed by atoms with E-state index in [1.54, 1.807) is 0 Å². The first-order valence-corrected chi connectivity index (χ1v) is 0. The van der Waals surface area contributed by atoms with Gasteiger partial charge in [-0.25, -0.2) is 0 Å². The molecule has 0 aliphatic heterocycles. The first kappa shape index (κ1) is 30.6. The zero-order valence-electron chi connectivity index (χ0n) is 4.18. The zero-order chi connectivity index (χ0) is 0. The molecule has 0 saturated carbocycles. The van der Waals surface area contributed by atoms with E-state index in [1.807, 2.05) is 0 Å². The molecule has 4 heavy (non-hydrogen) atoms. The average Bonchev–Trinajstić information content (AvgIpc) is 0. The molecule has 0 spiro atoms.